The highest BCUT2D eigenvalue weighted by atomic mass is 19.1. The van der Waals surface area contributed by atoms with Gasteiger partial charge in [0.15, 0.2) is 0 Å². The van der Waals surface area contributed by atoms with E-state index in [-0.39, 0.29) is 13.2 Å². The van der Waals surface area contributed by atoms with E-state index in [9.17, 15) is 14.0 Å². The fourth-order valence-corrected chi connectivity index (χ4v) is 1.47. The number of hydrogen-bond acceptors (Lipinski definition) is 3. The van der Waals surface area contributed by atoms with Crippen LogP contribution in [0.25, 0.3) is 0 Å². The molecule has 19 heavy (non-hydrogen) atoms. The summed E-state index contributed by atoms with van der Waals surface area (Å²) in [6.07, 6.45) is -0.837. The Morgan fingerprint density at radius 3 is 2.53 bits per heavy atom. The van der Waals surface area contributed by atoms with Crippen molar-refractivity contribution in [3.8, 4) is 0 Å². The molecule has 0 fully saturated rings. The molecular formula is C13H16FNO4. The monoisotopic (exact) mass is 269 g/mol. The zero-order chi connectivity index (χ0) is 14.3. The molecule has 1 aromatic rings. The van der Waals surface area contributed by atoms with Crippen molar-refractivity contribution < 1.29 is 23.8 Å². The van der Waals surface area contributed by atoms with Gasteiger partial charge in [-0.2, -0.15) is 0 Å². The Balaban J connectivity index is 2.60. The van der Waals surface area contributed by atoms with Crippen LogP contribution in [0.1, 0.15) is 12.5 Å². The molecule has 0 bridgehead atoms. The highest BCUT2D eigenvalue weighted by molar-refractivity contribution is 5.79. The van der Waals surface area contributed by atoms with Gasteiger partial charge in [0.25, 0.3) is 0 Å². The normalized spacial score (nSPS) is 11.7. The molecule has 0 aromatic heterocycles. The quantitative estimate of drug-likeness (QED) is 0.858. The Morgan fingerprint density at radius 1 is 1.37 bits per heavy atom. The molecule has 1 atom stereocenters. The lowest BCUT2D eigenvalue weighted by Gasteiger charge is -2.24. The van der Waals surface area contributed by atoms with Crippen LogP contribution in [0.15, 0.2) is 30.3 Å². The Morgan fingerprint density at radius 2 is 2.00 bits per heavy atom. The first-order chi connectivity index (χ1) is 9.06. The van der Waals surface area contributed by atoms with Crippen LogP contribution in [0.5, 0.6) is 0 Å². The van der Waals surface area contributed by atoms with Crippen LogP contribution in [0.3, 0.4) is 0 Å². The van der Waals surface area contributed by atoms with Crippen molar-refractivity contribution in [3.63, 3.8) is 0 Å². The van der Waals surface area contributed by atoms with Crippen molar-refractivity contribution >= 4 is 12.1 Å². The molecule has 6 heteroatoms. The molecule has 0 saturated carbocycles. The molecule has 5 nitrogen and oxygen atoms in total. The number of benzene rings is 1. The number of carbonyl (C=O) groups is 2. The maximum Gasteiger partial charge on any atom is 0.410 e. The summed E-state index contributed by atoms with van der Waals surface area (Å²) >= 11 is 0. The Hall–Kier alpha value is -2.11. The lowest BCUT2D eigenvalue weighted by Crippen LogP contribution is -2.44. The summed E-state index contributed by atoms with van der Waals surface area (Å²) in [6.45, 7) is 0.204. The van der Waals surface area contributed by atoms with E-state index in [0.717, 1.165) is 10.5 Å². The van der Waals surface area contributed by atoms with Crippen molar-refractivity contribution in [1.82, 2.24) is 4.90 Å². The molecule has 0 aliphatic carbocycles. The third-order valence-electron chi connectivity index (χ3n) is 2.59. The first-order valence-corrected chi connectivity index (χ1v) is 5.82. The number of halogens is 1. The van der Waals surface area contributed by atoms with Gasteiger partial charge in [-0.3, -0.25) is 4.90 Å². The van der Waals surface area contributed by atoms with Crippen molar-refractivity contribution in [3.05, 3.63) is 35.9 Å². The molecule has 104 valence electrons. The summed E-state index contributed by atoms with van der Waals surface area (Å²) in [5, 5.41) is 8.84. The molecule has 1 amide bonds. The van der Waals surface area contributed by atoms with Gasteiger partial charge in [0.05, 0.1) is 6.54 Å². The molecule has 1 aromatic carbocycles. The predicted molar refractivity (Wildman–Crippen MR) is 66.4 cm³/mol. The van der Waals surface area contributed by atoms with Gasteiger partial charge in [-0.1, -0.05) is 30.3 Å². The van der Waals surface area contributed by atoms with Gasteiger partial charge in [0.1, 0.15) is 19.3 Å². The molecule has 0 radical (unpaired) electrons. The van der Waals surface area contributed by atoms with Crippen molar-refractivity contribution in [2.75, 3.05) is 13.2 Å². The van der Waals surface area contributed by atoms with Crippen molar-refractivity contribution in [1.29, 1.82) is 0 Å². The number of alkyl halides is 1. The molecule has 0 saturated heterocycles. The summed E-state index contributed by atoms with van der Waals surface area (Å²) in [7, 11) is 0. The Labute approximate surface area is 110 Å². The van der Waals surface area contributed by atoms with E-state index >= 15 is 0 Å². The van der Waals surface area contributed by atoms with E-state index in [0.29, 0.717) is 0 Å². The second-order valence-corrected chi connectivity index (χ2v) is 3.94. The van der Waals surface area contributed by atoms with Gasteiger partial charge in [-0.25, -0.2) is 14.0 Å². The second kappa shape index (κ2) is 7.35. The Kier molecular flexibility index (Phi) is 5.78. The average Bonchev–Trinajstić information content (AvgIpc) is 2.42. The first kappa shape index (κ1) is 14.9. The average molecular weight is 269 g/mol. The predicted octanol–water partition coefficient (Wildman–Crippen LogP) is 2.07. The van der Waals surface area contributed by atoms with E-state index in [2.05, 4.69) is 0 Å². The highest BCUT2D eigenvalue weighted by Gasteiger charge is 2.26. The second-order valence-electron chi connectivity index (χ2n) is 3.94. The third kappa shape index (κ3) is 4.57. The fourth-order valence-electron chi connectivity index (χ4n) is 1.47. The maximum atomic E-state index is 12.3. The molecule has 1 N–H and O–H groups in total. The van der Waals surface area contributed by atoms with E-state index in [1.807, 2.05) is 6.07 Å². The van der Waals surface area contributed by atoms with Crippen molar-refractivity contribution in [2.45, 2.75) is 19.6 Å². The zero-order valence-corrected chi connectivity index (χ0v) is 10.6. The maximum absolute atomic E-state index is 12.3. The van der Waals surface area contributed by atoms with Crippen LogP contribution >= 0.6 is 0 Å². The minimum atomic E-state index is -1.20. The van der Waals surface area contributed by atoms with Gasteiger partial charge < -0.3 is 9.84 Å². The van der Waals surface area contributed by atoms with E-state index in [1.165, 1.54) is 6.92 Å². The molecule has 0 aliphatic heterocycles. The molecule has 1 rings (SSSR count). The summed E-state index contributed by atoms with van der Waals surface area (Å²) in [5.41, 5.74) is 0.777. The first-order valence-electron chi connectivity index (χ1n) is 5.82. The van der Waals surface area contributed by atoms with Gasteiger partial charge in [0, 0.05) is 0 Å². The number of nitrogens with zero attached hydrogens (tertiary/aromatic N) is 1. The van der Waals surface area contributed by atoms with Gasteiger partial charge >= 0.3 is 12.1 Å². The summed E-state index contributed by atoms with van der Waals surface area (Å²) < 4.78 is 17.3. The van der Waals surface area contributed by atoms with Gasteiger partial charge in [-0.05, 0) is 12.5 Å². The number of carboxylic acid groups (broad SMARTS) is 1. The lowest BCUT2D eigenvalue weighted by molar-refractivity contribution is -0.142. The number of aliphatic carboxylic acids is 1. The number of hydrogen-bond donors (Lipinski definition) is 1. The molecule has 0 aliphatic rings. The van der Waals surface area contributed by atoms with Crippen molar-refractivity contribution in [2.24, 2.45) is 0 Å². The molecule has 0 spiro atoms. The summed E-state index contributed by atoms with van der Waals surface area (Å²) in [5.74, 6) is -1.20. The van der Waals surface area contributed by atoms with Gasteiger partial charge in [0.2, 0.25) is 0 Å². The van der Waals surface area contributed by atoms with Crippen LogP contribution in [0, 0.1) is 0 Å². The SMILES string of the molecule is CC(C(=O)O)N(CCF)C(=O)OCc1ccccc1. The minimum Gasteiger partial charge on any atom is -0.480 e. The van der Waals surface area contributed by atoms with E-state index in [4.69, 9.17) is 9.84 Å². The number of carbonyl (C=O) groups excluding carboxylic acids is 1. The number of rotatable bonds is 6. The molecule has 0 heterocycles. The standard InChI is InChI=1S/C13H16FNO4/c1-10(12(16)17)15(8-7-14)13(18)19-9-11-5-3-2-4-6-11/h2-6,10H,7-9H2,1H3,(H,16,17). The summed E-state index contributed by atoms with van der Waals surface area (Å²) in [6, 6.07) is 7.83. The number of amides is 1. The largest absolute Gasteiger partial charge is 0.480 e. The van der Waals surface area contributed by atoms with Crippen LogP contribution in [-0.2, 0) is 16.1 Å². The highest BCUT2D eigenvalue weighted by Crippen LogP contribution is 2.06. The minimum absolute atomic E-state index is 0.0226. The fraction of sp³-hybridized carbons (Fsp3) is 0.385. The van der Waals surface area contributed by atoms with Crippen LogP contribution in [0.2, 0.25) is 0 Å². The van der Waals surface area contributed by atoms with Gasteiger partial charge in [-0.15, -0.1) is 0 Å². The number of carboxylic acids is 1. The van der Waals surface area contributed by atoms with Crippen LogP contribution in [-0.4, -0.2) is 41.3 Å². The lowest BCUT2D eigenvalue weighted by atomic mass is 10.2. The number of ether oxygens (including phenoxy) is 1. The van der Waals surface area contributed by atoms with E-state index in [1.54, 1.807) is 24.3 Å². The molecule has 1 unspecified atom stereocenters. The van der Waals surface area contributed by atoms with Crippen LogP contribution < -0.4 is 0 Å². The smallest absolute Gasteiger partial charge is 0.410 e. The Bertz CT molecular complexity index is 424. The topological polar surface area (TPSA) is 66.8 Å². The zero-order valence-electron chi connectivity index (χ0n) is 10.6. The third-order valence-corrected chi connectivity index (χ3v) is 2.59. The summed E-state index contributed by atoms with van der Waals surface area (Å²) in [4.78, 5) is 23.4. The van der Waals surface area contributed by atoms with Crippen LogP contribution in [0.4, 0.5) is 9.18 Å². The molecular weight excluding hydrogens is 253 g/mol. The van der Waals surface area contributed by atoms with E-state index < -0.39 is 24.8 Å².